The number of anilines is 2. The van der Waals surface area contributed by atoms with Gasteiger partial charge in [0.2, 0.25) is 11.9 Å². The smallest absolute Gasteiger partial charge is 0.225 e. The Morgan fingerprint density at radius 3 is 2.08 bits per heavy atom. The molecule has 0 bridgehead atoms. The van der Waals surface area contributed by atoms with Gasteiger partial charge in [-0.2, -0.15) is 15.0 Å². The summed E-state index contributed by atoms with van der Waals surface area (Å²) >= 11 is 0. The molecule has 0 saturated carbocycles. The molecule has 0 fully saturated rings. The van der Waals surface area contributed by atoms with Crippen LogP contribution in [0.15, 0.2) is 6.20 Å². The Kier molecular flexibility index (Phi) is 8.31. The van der Waals surface area contributed by atoms with Crippen LogP contribution in [-0.4, -0.2) is 24.9 Å². The van der Waals surface area contributed by atoms with Crippen LogP contribution in [0.25, 0.3) is 0 Å². The van der Waals surface area contributed by atoms with Crippen molar-refractivity contribution in [3.8, 4) is 0 Å². The quantitative estimate of drug-likeness (QED) is 0.493. The molecule has 2 aromatic heterocycles. The van der Waals surface area contributed by atoms with E-state index in [2.05, 4.69) is 31.8 Å². The second kappa shape index (κ2) is 10.7. The fraction of sp³-hybridized carbons (Fsp3) is 0.684. The Hall–Kier alpha value is -2.18. The van der Waals surface area contributed by atoms with Gasteiger partial charge in [0.1, 0.15) is 11.6 Å². The van der Waals surface area contributed by atoms with E-state index in [1.54, 1.807) is 0 Å². The Morgan fingerprint density at radius 1 is 0.885 bits per heavy atom. The number of nitrogens with two attached hydrogens (primary N) is 2. The van der Waals surface area contributed by atoms with Gasteiger partial charge in [0.15, 0.2) is 0 Å². The number of unbranched alkanes of at least 4 members (excludes halogenated alkanes) is 8. The van der Waals surface area contributed by atoms with Crippen LogP contribution in [0.2, 0.25) is 0 Å². The number of H-pyrrole nitrogens is 1. The number of aryl methyl sites for hydroxylation is 1. The second-order valence-corrected chi connectivity index (χ2v) is 7.00. The lowest BCUT2D eigenvalue weighted by Crippen LogP contribution is -2.10. The Bertz CT molecular complexity index is 633. The first-order valence-electron chi connectivity index (χ1n) is 9.90. The van der Waals surface area contributed by atoms with Crippen molar-refractivity contribution in [3.63, 3.8) is 0 Å². The van der Waals surface area contributed by atoms with Crippen LogP contribution in [-0.2, 0) is 6.42 Å². The molecule has 7 nitrogen and oxygen atoms in total. The number of nitrogen functional groups attached to an aromatic ring is 2. The summed E-state index contributed by atoms with van der Waals surface area (Å²) in [7, 11) is 0. The molecule has 0 spiro atoms. The predicted molar refractivity (Wildman–Crippen MR) is 106 cm³/mol. The van der Waals surface area contributed by atoms with Gasteiger partial charge in [-0.15, -0.1) is 0 Å². The summed E-state index contributed by atoms with van der Waals surface area (Å²) in [6.45, 7) is 4.26. The minimum Gasteiger partial charge on any atom is -0.368 e. The van der Waals surface area contributed by atoms with Gasteiger partial charge in [-0.25, -0.2) is 4.98 Å². The maximum Gasteiger partial charge on any atom is 0.225 e. The molecule has 2 aromatic rings. The Labute approximate surface area is 156 Å². The van der Waals surface area contributed by atoms with Gasteiger partial charge in [-0.05, 0) is 13.3 Å². The number of nitrogens with zero attached hydrogens (tertiary/aromatic N) is 4. The average molecular weight is 360 g/mol. The number of hydrogen-bond acceptors (Lipinski definition) is 6. The van der Waals surface area contributed by atoms with Crippen LogP contribution in [0.1, 0.15) is 94.9 Å². The van der Waals surface area contributed by atoms with E-state index < -0.39 is 0 Å². The zero-order valence-corrected chi connectivity index (χ0v) is 16.2. The first kappa shape index (κ1) is 20.1. The normalized spacial score (nSPS) is 12.4. The molecule has 0 aliphatic rings. The molecule has 26 heavy (non-hydrogen) atoms. The van der Waals surface area contributed by atoms with E-state index in [-0.39, 0.29) is 17.8 Å². The number of nitrogens with one attached hydrogen (secondary N) is 1. The number of aromatic nitrogens is 5. The summed E-state index contributed by atoms with van der Waals surface area (Å²) < 4.78 is 0. The molecule has 2 rings (SSSR count). The zero-order valence-electron chi connectivity index (χ0n) is 16.2. The molecule has 0 amide bonds. The molecular weight excluding hydrogens is 326 g/mol. The van der Waals surface area contributed by atoms with Crippen molar-refractivity contribution in [3.05, 3.63) is 23.5 Å². The van der Waals surface area contributed by atoms with Crippen molar-refractivity contribution in [2.75, 3.05) is 11.5 Å². The summed E-state index contributed by atoms with van der Waals surface area (Å²) in [5, 5.41) is 0. The lowest BCUT2D eigenvalue weighted by molar-refractivity contribution is 0.562. The molecular formula is C19H33N7. The summed E-state index contributed by atoms with van der Waals surface area (Å²) in [5.41, 5.74) is 12.3. The van der Waals surface area contributed by atoms with Gasteiger partial charge in [0, 0.05) is 18.3 Å². The molecule has 0 aliphatic heterocycles. The molecule has 2 heterocycles. The molecule has 0 radical (unpaired) electrons. The van der Waals surface area contributed by atoms with Gasteiger partial charge in [-0.3, -0.25) is 0 Å². The molecule has 144 valence electrons. The van der Waals surface area contributed by atoms with Gasteiger partial charge in [-0.1, -0.05) is 58.3 Å². The van der Waals surface area contributed by atoms with Gasteiger partial charge >= 0.3 is 0 Å². The molecule has 0 aliphatic carbocycles. The third-order valence-corrected chi connectivity index (χ3v) is 4.71. The molecule has 0 aromatic carbocycles. The van der Waals surface area contributed by atoms with Crippen LogP contribution in [0, 0.1) is 0 Å². The minimum absolute atomic E-state index is 0.0491. The van der Waals surface area contributed by atoms with Crippen LogP contribution >= 0.6 is 0 Å². The van der Waals surface area contributed by atoms with E-state index in [0.29, 0.717) is 5.82 Å². The molecule has 1 unspecified atom stereocenters. The standard InChI is InChI=1S/C19H33N7/c1-3-4-5-6-7-8-9-10-11-12-16-22-13-15(23-16)14(2)17-24-18(20)26-19(21)25-17/h13-14H,3-12H2,1-2H3,(H,22,23)(H4,20,21,24,25,26). The SMILES string of the molecule is CCCCCCCCCCCc1ncc(C(C)c2nc(N)nc(N)n2)[nH]1. The van der Waals surface area contributed by atoms with Crippen molar-refractivity contribution in [1.29, 1.82) is 0 Å². The third-order valence-electron chi connectivity index (χ3n) is 4.71. The van der Waals surface area contributed by atoms with Gasteiger partial charge < -0.3 is 16.5 Å². The van der Waals surface area contributed by atoms with Crippen molar-refractivity contribution >= 4 is 11.9 Å². The first-order chi connectivity index (χ1) is 12.6. The molecule has 1 atom stereocenters. The van der Waals surface area contributed by atoms with Crippen LogP contribution in [0.3, 0.4) is 0 Å². The van der Waals surface area contributed by atoms with E-state index >= 15 is 0 Å². The number of imidazole rings is 1. The van der Waals surface area contributed by atoms with Gasteiger partial charge in [0.05, 0.1) is 5.92 Å². The monoisotopic (exact) mass is 359 g/mol. The van der Waals surface area contributed by atoms with E-state index in [1.165, 1.54) is 57.8 Å². The first-order valence-corrected chi connectivity index (χ1v) is 9.90. The average Bonchev–Trinajstić information content (AvgIpc) is 3.07. The maximum atomic E-state index is 5.65. The highest BCUT2D eigenvalue weighted by molar-refractivity contribution is 5.29. The van der Waals surface area contributed by atoms with E-state index in [1.807, 2.05) is 13.1 Å². The van der Waals surface area contributed by atoms with Crippen molar-refractivity contribution in [2.24, 2.45) is 0 Å². The summed E-state index contributed by atoms with van der Waals surface area (Å²) in [4.78, 5) is 20.0. The fourth-order valence-electron chi connectivity index (χ4n) is 3.09. The van der Waals surface area contributed by atoms with Crippen LogP contribution in [0.5, 0.6) is 0 Å². The summed E-state index contributed by atoms with van der Waals surface area (Å²) in [5.74, 6) is 1.83. The van der Waals surface area contributed by atoms with Crippen molar-refractivity contribution in [1.82, 2.24) is 24.9 Å². The van der Waals surface area contributed by atoms with E-state index in [0.717, 1.165) is 17.9 Å². The Balaban J connectivity index is 1.70. The maximum absolute atomic E-state index is 5.65. The van der Waals surface area contributed by atoms with Gasteiger partial charge in [0.25, 0.3) is 0 Å². The number of rotatable bonds is 12. The lowest BCUT2D eigenvalue weighted by atomic mass is 10.1. The summed E-state index contributed by atoms with van der Waals surface area (Å²) in [6.07, 6.45) is 14.8. The zero-order chi connectivity index (χ0) is 18.8. The van der Waals surface area contributed by atoms with Crippen LogP contribution < -0.4 is 11.5 Å². The molecule has 5 N–H and O–H groups in total. The topological polar surface area (TPSA) is 119 Å². The highest BCUT2D eigenvalue weighted by Gasteiger charge is 2.16. The highest BCUT2D eigenvalue weighted by Crippen LogP contribution is 2.20. The van der Waals surface area contributed by atoms with Crippen LogP contribution in [0.4, 0.5) is 11.9 Å². The molecule has 0 saturated heterocycles. The lowest BCUT2D eigenvalue weighted by Gasteiger charge is -2.08. The number of aromatic amines is 1. The largest absolute Gasteiger partial charge is 0.368 e. The van der Waals surface area contributed by atoms with E-state index in [4.69, 9.17) is 11.5 Å². The minimum atomic E-state index is -0.0491. The summed E-state index contributed by atoms with van der Waals surface area (Å²) in [6, 6.07) is 0. The van der Waals surface area contributed by atoms with Crippen molar-refractivity contribution < 1.29 is 0 Å². The predicted octanol–water partition coefficient (Wildman–Crippen LogP) is 3.98. The van der Waals surface area contributed by atoms with E-state index in [9.17, 15) is 0 Å². The number of hydrogen-bond donors (Lipinski definition) is 3. The Morgan fingerprint density at radius 2 is 1.46 bits per heavy atom. The third kappa shape index (κ3) is 6.61. The second-order valence-electron chi connectivity index (χ2n) is 7.00. The molecule has 7 heteroatoms. The highest BCUT2D eigenvalue weighted by atomic mass is 15.1. The fourth-order valence-corrected chi connectivity index (χ4v) is 3.09. The van der Waals surface area contributed by atoms with Crippen molar-refractivity contribution in [2.45, 2.75) is 84.0 Å².